The van der Waals surface area contributed by atoms with E-state index >= 15 is 0 Å². The molecule has 9 heteroatoms. The monoisotopic (exact) mass is 286 g/mol. The molecule has 0 saturated carbocycles. The molecule has 1 aliphatic rings. The fraction of sp³-hybridized carbons (Fsp3) is 0.636. The lowest BCUT2D eigenvalue weighted by molar-refractivity contribution is -0.137. The molecule has 1 aliphatic heterocycles. The number of carboxylic acid groups (broad SMARTS) is 1. The third-order valence-electron chi connectivity index (χ3n) is 2.68. The summed E-state index contributed by atoms with van der Waals surface area (Å²) in [5.74, 6) is -2.53. The van der Waals surface area contributed by atoms with Crippen LogP contribution in [0.5, 0.6) is 0 Å². The Morgan fingerprint density at radius 3 is 2.15 bits per heavy atom. The minimum atomic E-state index is -1.17. The summed E-state index contributed by atoms with van der Waals surface area (Å²) < 4.78 is 0. The van der Waals surface area contributed by atoms with Gasteiger partial charge in [-0.1, -0.05) is 0 Å². The van der Waals surface area contributed by atoms with Crippen LogP contribution in [0.15, 0.2) is 0 Å². The Bertz CT molecular complexity index is 392. The predicted molar refractivity (Wildman–Crippen MR) is 67.7 cm³/mol. The number of carboxylic acids is 1. The molecule has 3 amide bonds. The summed E-state index contributed by atoms with van der Waals surface area (Å²) in [6, 6.07) is -0.262. The topological polar surface area (TPSA) is 137 Å². The van der Waals surface area contributed by atoms with Crippen LogP contribution >= 0.6 is 0 Å². The van der Waals surface area contributed by atoms with Crippen LogP contribution in [-0.2, 0) is 19.2 Å². The quantitative estimate of drug-likeness (QED) is 0.342. The minimum Gasteiger partial charge on any atom is -0.480 e. The van der Waals surface area contributed by atoms with Crippen molar-refractivity contribution in [3.05, 3.63) is 0 Å². The molecular weight excluding hydrogens is 268 g/mol. The average molecular weight is 286 g/mol. The first kappa shape index (κ1) is 15.9. The van der Waals surface area contributed by atoms with Gasteiger partial charge in [-0.25, -0.2) is 0 Å². The molecule has 0 bridgehead atoms. The van der Waals surface area contributed by atoms with Crippen molar-refractivity contribution in [1.29, 1.82) is 0 Å². The second-order valence-corrected chi connectivity index (χ2v) is 4.31. The summed E-state index contributed by atoms with van der Waals surface area (Å²) in [7, 11) is 0. The molecule has 0 aliphatic carbocycles. The Hall–Kier alpha value is -2.16. The van der Waals surface area contributed by atoms with Crippen LogP contribution in [0.2, 0.25) is 0 Å². The highest BCUT2D eigenvalue weighted by Crippen LogP contribution is 2.03. The fourth-order valence-electron chi connectivity index (χ4n) is 1.68. The molecule has 1 heterocycles. The number of aliphatic carboxylic acids is 1. The van der Waals surface area contributed by atoms with Crippen LogP contribution in [0.3, 0.4) is 0 Å². The number of hydrogen-bond acceptors (Lipinski definition) is 5. The van der Waals surface area contributed by atoms with E-state index in [1.807, 2.05) is 0 Å². The highest BCUT2D eigenvalue weighted by molar-refractivity contribution is 5.90. The van der Waals surface area contributed by atoms with E-state index in [0.29, 0.717) is 0 Å². The van der Waals surface area contributed by atoms with Crippen molar-refractivity contribution < 1.29 is 24.3 Å². The van der Waals surface area contributed by atoms with E-state index in [1.54, 1.807) is 0 Å². The first-order chi connectivity index (χ1) is 9.49. The second kappa shape index (κ2) is 8.10. The third kappa shape index (κ3) is 6.14. The highest BCUT2D eigenvalue weighted by atomic mass is 16.4. The zero-order chi connectivity index (χ0) is 15.0. The molecule has 112 valence electrons. The van der Waals surface area contributed by atoms with E-state index in [4.69, 9.17) is 5.11 Å². The lowest BCUT2D eigenvalue weighted by Gasteiger charge is -2.11. The zero-order valence-electron chi connectivity index (χ0n) is 10.9. The normalized spacial score (nSPS) is 17.3. The maximum absolute atomic E-state index is 11.6. The summed E-state index contributed by atoms with van der Waals surface area (Å²) in [5.41, 5.74) is 0. The second-order valence-electron chi connectivity index (χ2n) is 4.31. The van der Waals surface area contributed by atoms with Gasteiger partial charge >= 0.3 is 5.97 Å². The van der Waals surface area contributed by atoms with Crippen LogP contribution in [0.4, 0.5) is 0 Å². The van der Waals surface area contributed by atoms with Crippen molar-refractivity contribution in [2.45, 2.75) is 18.9 Å². The maximum atomic E-state index is 11.6. The van der Waals surface area contributed by atoms with Gasteiger partial charge in [0.2, 0.25) is 17.7 Å². The number of hydrogen-bond donors (Lipinski definition) is 5. The highest BCUT2D eigenvalue weighted by Gasteiger charge is 2.21. The van der Waals surface area contributed by atoms with Crippen molar-refractivity contribution in [3.8, 4) is 0 Å². The van der Waals surface area contributed by atoms with Crippen molar-refractivity contribution in [1.82, 2.24) is 21.3 Å². The summed E-state index contributed by atoms with van der Waals surface area (Å²) in [6.45, 7) is -0.264. The number of rotatable bonds is 7. The van der Waals surface area contributed by atoms with Crippen molar-refractivity contribution in [3.63, 3.8) is 0 Å². The van der Waals surface area contributed by atoms with E-state index in [1.165, 1.54) is 0 Å². The average Bonchev–Trinajstić information content (AvgIpc) is 2.94. The molecule has 20 heavy (non-hydrogen) atoms. The van der Waals surface area contributed by atoms with Crippen molar-refractivity contribution in [2.75, 3.05) is 26.2 Å². The summed E-state index contributed by atoms with van der Waals surface area (Å²) in [5, 5.41) is 18.2. The summed E-state index contributed by atoms with van der Waals surface area (Å²) >= 11 is 0. The number of carbonyl (C=O) groups is 4. The van der Waals surface area contributed by atoms with Gasteiger partial charge < -0.3 is 26.4 Å². The van der Waals surface area contributed by atoms with Gasteiger partial charge in [0.25, 0.3) is 0 Å². The molecular formula is C11H18N4O5. The summed E-state index contributed by atoms with van der Waals surface area (Å²) in [4.78, 5) is 44.2. The molecule has 1 fully saturated rings. The molecule has 0 aromatic carbocycles. The molecule has 1 atom stereocenters. The van der Waals surface area contributed by atoms with Crippen LogP contribution in [0.1, 0.15) is 12.8 Å². The largest absolute Gasteiger partial charge is 0.480 e. The fourth-order valence-corrected chi connectivity index (χ4v) is 1.68. The van der Waals surface area contributed by atoms with E-state index in [0.717, 1.165) is 19.4 Å². The molecule has 0 radical (unpaired) electrons. The van der Waals surface area contributed by atoms with Gasteiger partial charge in [0.1, 0.15) is 6.54 Å². The lowest BCUT2D eigenvalue weighted by Crippen LogP contribution is -2.46. The maximum Gasteiger partial charge on any atom is 0.322 e. The van der Waals surface area contributed by atoms with Gasteiger partial charge in [-0.2, -0.15) is 0 Å². The van der Waals surface area contributed by atoms with Gasteiger partial charge in [-0.15, -0.1) is 0 Å². The van der Waals surface area contributed by atoms with E-state index in [2.05, 4.69) is 21.3 Å². The molecule has 0 aromatic rings. The first-order valence-electron chi connectivity index (χ1n) is 6.25. The Kier molecular flexibility index (Phi) is 6.44. The first-order valence-corrected chi connectivity index (χ1v) is 6.25. The van der Waals surface area contributed by atoms with E-state index in [-0.39, 0.29) is 25.0 Å². The third-order valence-corrected chi connectivity index (χ3v) is 2.68. The van der Waals surface area contributed by atoms with Crippen molar-refractivity contribution >= 4 is 23.7 Å². The number of carbonyl (C=O) groups excluding carboxylic acids is 3. The van der Waals surface area contributed by atoms with E-state index < -0.39 is 24.3 Å². The van der Waals surface area contributed by atoms with Crippen LogP contribution in [-0.4, -0.2) is 61.0 Å². The van der Waals surface area contributed by atoms with Gasteiger partial charge in [0, 0.05) is 0 Å². The molecule has 9 nitrogen and oxygen atoms in total. The van der Waals surface area contributed by atoms with Crippen LogP contribution in [0, 0.1) is 0 Å². The SMILES string of the molecule is O=C(O)CNC(=O)CNC(=O)CNC(=O)C1CCCN1. The Morgan fingerprint density at radius 2 is 1.60 bits per heavy atom. The van der Waals surface area contributed by atoms with Gasteiger partial charge in [-0.05, 0) is 19.4 Å². The molecule has 0 aromatic heterocycles. The smallest absolute Gasteiger partial charge is 0.322 e. The molecule has 0 spiro atoms. The molecule has 1 rings (SSSR count). The lowest BCUT2D eigenvalue weighted by atomic mass is 10.2. The van der Waals surface area contributed by atoms with Crippen molar-refractivity contribution in [2.24, 2.45) is 0 Å². The zero-order valence-corrected chi connectivity index (χ0v) is 10.9. The molecule has 1 saturated heterocycles. The standard InChI is InChI=1S/C11H18N4O5/c16-8(14-6-10(18)19)4-13-9(17)5-15-11(20)7-2-1-3-12-7/h7,12H,1-6H2,(H,13,17)(H,14,16)(H,15,20)(H,18,19). The number of nitrogens with one attached hydrogen (secondary N) is 4. The Morgan fingerprint density at radius 1 is 1.00 bits per heavy atom. The minimum absolute atomic E-state index is 0.219. The Balaban J connectivity index is 2.12. The van der Waals surface area contributed by atoms with Gasteiger partial charge in [0.15, 0.2) is 0 Å². The van der Waals surface area contributed by atoms with E-state index in [9.17, 15) is 19.2 Å². The van der Waals surface area contributed by atoms with Crippen LogP contribution < -0.4 is 21.3 Å². The van der Waals surface area contributed by atoms with Gasteiger partial charge in [-0.3, -0.25) is 19.2 Å². The Labute approximate surface area is 115 Å². The number of amides is 3. The molecule has 1 unspecified atom stereocenters. The predicted octanol–water partition coefficient (Wildman–Crippen LogP) is -2.83. The summed E-state index contributed by atoms with van der Waals surface area (Å²) in [6.07, 6.45) is 1.67. The van der Waals surface area contributed by atoms with Gasteiger partial charge in [0.05, 0.1) is 19.1 Å². The van der Waals surface area contributed by atoms with Crippen LogP contribution in [0.25, 0.3) is 0 Å². The molecule has 5 N–H and O–H groups in total.